The molecule has 2 aliphatic carbocycles. The first-order valence-corrected chi connectivity index (χ1v) is 9.54. The van der Waals surface area contributed by atoms with Gasteiger partial charge in [-0.2, -0.15) is 0 Å². The van der Waals surface area contributed by atoms with Crippen molar-refractivity contribution in [3.63, 3.8) is 0 Å². The molecule has 0 radical (unpaired) electrons. The first-order chi connectivity index (χ1) is 10.8. The molecule has 2 aliphatic rings. The van der Waals surface area contributed by atoms with Gasteiger partial charge in [0.2, 0.25) is 0 Å². The summed E-state index contributed by atoms with van der Waals surface area (Å²) in [4.78, 5) is 2.41. The van der Waals surface area contributed by atoms with Crippen molar-refractivity contribution in [1.82, 2.24) is 4.90 Å². The van der Waals surface area contributed by atoms with Crippen molar-refractivity contribution in [3.05, 3.63) is 34.9 Å². The molecule has 0 aromatic heterocycles. The summed E-state index contributed by atoms with van der Waals surface area (Å²) in [5, 5.41) is 0. The summed E-state index contributed by atoms with van der Waals surface area (Å²) in [6.07, 6.45) is 6.79. The number of nitrogens with zero attached hydrogens (tertiary/aromatic N) is 1. The summed E-state index contributed by atoms with van der Waals surface area (Å²) in [5.41, 5.74) is 5.67. The van der Waals surface area contributed by atoms with Gasteiger partial charge in [0.1, 0.15) is 0 Å². The Morgan fingerprint density at radius 1 is 1.17 bits per heavy atom. The zero-order chi connectivity index (χ0) is 16.8. The van der Waals surface area contributed by atoms with E-state index in [0.29, 0.717) is 16.7 Å². The lowest BCUT2D eigenvalue weighted by Crippen LogP contribution is -2.52. The van der Waals surface area contributed by atoms with Gasteiger partial charge in [-0.1, -0.05) is 52.3 Å². The Morgan fingerprint density at radius 2 is 1.91 bits per heavy atom. The van der Waals surface area contributed by atoms with Gasteiger partial charge in [0.05, 0.1) is 0 Å². The highest BCUT2D eigenvalue weighted by molar-refractivity contribution is 5.42. The van der Waals surface area contributed by atoms with Crippen LogP contribution >= 0.6 is 0 Å². The summed E-state index contributed by atoms with van der Waals surface area (Å²) in [6.45, 7) is 11.0. The van der Waals surface area contributed by atoms with Crippen molar-refractivity contribution in [2.24, 2.45) is 11.3 Å². The molecule has 1 saturated carbocycles. The lowest BCUT2D eigenvalue weighted by atomic mass is 9.49. The van der Waals surface area contributed by atoms with Crippen LogP contribution in [0.4, 0.5) is 0 Å². The summed E-state index contributed by atoms with van der Waals surface area (Å²) >= 11 is 0. The SMILES string of the molecule is CC(C)c1ccc2c(c1)CC[C@H]1[C@](C)(CN(C)C)CCC[C@]21C. The predicted octanol–water partition coefficient (Wildman–Crippen LogP) is 5.38. The van der Waals surface area contributed by atoms with E-state index in [1.165, 1.54) is 44.2 Å². The van der Waals surface area contributed by atoms with Crippen LogP contribution < -0.4 is 0 Å². The number of benzene rings is 1. The maximum atomic E-state index is 2.57. The predicted molar refractivity (Wildman–Crippen MR) is 100 cm³/mol. The molecule has 3 rings (SSSR count). The van der Waals surface area contributed by atoms with Crippen LogP contribution in [-0.4, -0.2) is 25.5 Å². The standard InChI is InChI=1S/C22H35N/c1-16(2)17-8-10-19-18(14-17)9-11-20-21(3,15-23(5)6)12-7-13-22(19,20)4/h8,10,14,16,20H,7,9,11-13,15H2,1-6H3/t20-,21-,22+/m0/s1. The molecule has 0 amide bonds. The molecule has 0 N–H and O–H groups in total. The van der Waals surface area contributed by atoms with Crippen molar-refractivity contribution in [2.45, 2.75) is 71.1 Å². The molecule has 0 saturated heterocycles. The second-order valence-corrected chi connectivity index (χ2v) is 9.33. The Balaban J connectivity index is 2.00. The molecule has 128 valence electrons. The van der Waals surface area contributed by atoms with Crippen LogP contribution in [-0.2, 0) is 11.8 Å². The normalized spacial score (nSPS) is 33.7. The zero-order valence-corrected chi connectivity index (χ0v) is 16.1. The van der Waals surface area contributed by atoms with E-state index in [4.69, 9.17) is 0 Å². The van der Waals surface area contributed by atoms with E-state index in [1.807, 2.05) is 0 Å². The smallest absolute Gasteiger partial charge is 0.00322 e. The van der Waals surface area contributed by atoms with Gasteiger partial charge in [0, 0.05) is 6.54 Å². The Kier molecular flexibility index (Phi) is 4.38. The molecule has 3 atom stereocenters. The van der Waals surface area contributed by atoms with E-state index in [-0.39, 0.29) is 0 Å². The minimum atomic E-state index is 0.381. The molecule has 0 aliphatic heterocycles. The monoisotopic (exact) mass is 313 g/mol. The van der Waals surface area contributed by atoms with Gasteiger partial charge < -0.3 is 4.90 Å². The molecular weight excluding hydrogens is 278 g/mol. The molecule has 1 nitrogen and oxygen atoms in total. The van der Waals surface area contributed by atoms with E-state index in [0.717, 1.165) is 5.92 Å². The zero-order valence-electron chi connectivity index (χ0n) is 16.1. The van der Waals surface area contributed by atoms with Crippen LogP contribution in [0.25, 0.3) is 0 Å². The maximum Gasteiger partial charge on any atom is 0.00322 e. The molecule has 23 heavy (non-hydrogen) atoms. The summed E-state index contributed by atoms with van der Waals surface area (Å²) < 4.78 is 0. The van der Waals surface area contributed by atoms with Crippen LogP contribution in [0, 0.1) is 11.3 Å². The van der Waals surface area contributed by atoms with Crippen LogP contribution in [0.2, 0.25) is 0 Å². The summed E-state index contributed by atoms with van der Waals surface area (Å²) in [6, 6.07) is 7.40. The highest BCUT2D eigenvalue weighted by atomic mass is 15.1. The van der Waals surface area contributed by atoms with Gasteiger partial charge in [-0.15, -0.1) is 0 Å². The third-order valence-corrected chi connectivity index (χ3v) is 6.85. The molecular formula is C22H35N. The molecule has 1 fully saturated rings. The van der Waals surface area contributed by atoms with E-state index in [2.05, 4.69) is 64.9 Å². The molecule has 1 aromatic rings. The maximum absolute atomic E-state index is 2.57. The van der Waals surface area contributed by atoms with Gasteiger partial charge in [-0.3, -0.25) is 0 Å². The lowest BCUT2D eigenvalue weighted by Gasteiger charge is -2.56. The fourth-order valence-electron chi connectivity index (χ4n) is 5.91. The van der Waals surface area contributed by atoms with Gasteiger partial charge in [0.25, 0.3) is 0 Å². The number of aryl methyl sites for hydroxylation is 1. The first-order valence-electron chi connectivity index (χ1n) is 9.54. The minimum Gasteiger partial charge on any atom is -0.309 e. The van der Waals surface area contributed by atoms with Crippen LogP contribution in [0.15, 0.2) is 18.2 Å². The van der Waals surface area contributed by atoms with Crippen molar-refractivity contribution in [3.8, 4) is 0 Å². The van der Waals surface area contributed by atoms with Crippen molar-refractivity contribution in [2.75, 3.05) is 20.6 Å². The number of rotatable bonds is 3. The molecule has 1 aromatic carbocycles. The highest BCUT2D eigenvalue weighted by Gasteiger charge is 2.51. The second-order valence-electron chi connectivity index (χ2n) is 9.33. The van der Waals surface area contributed by atoms with Gasteiger partial charge in [-0.25, -0.2) is 0 Å². The molecule has 0 spiro atoms. The molecule has 0 bridgehead atoms. The first kappa shape index (κ1) is 17.0. The Bertz CT molecular complexity index is 573. The molecule has 1 heteroatoms. The average molecular weight is 314 g/mol. The van der Waals surface area contributed by atoms with E-state index in [9.17, 15) is 0 Å². The topological polar surface area (TPSA) is 3.24 Å². The summed E-state index contributed by atoms with van der Waals surface area (Å²) in [7, 11) is 4.48. The van der Waals surface area contributed by atoms with Crippen molar-refractivity contribution in [1.29, 1.82) is 0 Å². The Morgan fingerprint density at radius 3 is 2.57 bits per heavy atom. The number of hydrogen-bond acceptors (Lipinski definition) is 1. The van der Waals surface area contributed by atoms with E-state index >= 15 is 0 Å². The Hall–Kier alpha value is -0.820. The second kappa shape index (κ2) is 5.92. The largest absolute Gasteiger partial charge is 0.309 e. The third-order valence-electron chi connectivity index (χ3n) is 6.85. The molecule has 0 heterocycles. The van der Waals surface area contributed by atoms with Gasteiger partial charge in [0.15, 0.2) is 0 Å². The number of hydrogen-bond donors (Lipinski definition) is 0. The van der Waals surface area contributed by atoms with Crippen LogP contribution in [0.5, 0.6) is 0 Å². The summed E-state index contributed by atoms with van der Waals surface area (Å²) in [5.74, 6) is 1.46. The lowest BCUT2D eigenvalue weighted by molar-refractivity contribution is 0.00680. The van der Waals surface area contributed by atoms with E-state index < -0.39 is 0 Å². The van der Waals surface area contributed by atoms with E-state index in [1.54, 1.807) is 11.1 Å². The number of fused-ring (bicyclic) bond motifs is 3. The van der Waals surface area contributed by atoms with Gasteiger partial charge in [-0.05, 0) is 79.1 Å². The van der Waals surface area contributed by atoms with Crippen LogP contribution in [0.3, 0.4) is 0 Å². The highest BCUT2D eigenvalue weighted by Crippen LogP contribution is 2.57. The fourth-order valence-corrected chi connectivity index (χ4v) is 5.91. The average Bonchev–Trinajstić information content (AvgIpc) is 2.45. The van der Waals surface area contributed by atoms with Gasteiger partial charge >= 0.3 is 0 Å². The Labute approximate surface area is 143 Å². The minimum absolute atomic E-state index is 0.381. The van der Waals surface area contributed by atoms with Crippen molar-refractivity contribution >= 4 is 0 Å². The third kappa shape index (κ3) is 2.86. The van der Waals surface area contributed by atoms with Crippen molar-refractivity contribution < 1.29 is 0 Å². The fraction of sp³-hybridized carbons (Fsp3) is 0.727. The molecule has 0 unspecified atom stereocenters. The van der Waals surface area contributed by atoms with Crippen LogP contribution in [0.1, 0.15) is 76.0 Å². The quantitative estimate of drug-likeness (QED) is 0.724.